The van der Waals surface area contributed by atoms with Crippen LogP contribution in [0, 0.1) is 0 Å². The zero-order valence-electron chi connectivity index (χ0n) is 25.0. The minimum Gasteiger partial charge on any atom is -0.449 e. The molecule has 7 aromatic carbocycles. The van der Waals surface area contributed by atoms with Gasteiger partial charge >= 0.3 is 0 Å². The number of nitrogens with zero attached hydrogens (tertiary/aromatic N) is 1. The third-order valence-electron chi connectivity index (χ3n) is 9.19. The van der Waals surface area contributed by atoms with Crippen molar-refractivity contribution in [1.29, 1.82) is 0 Å². The Bertz CT molecular complexity index is 2170. The summed E-state index contributed by atoms with van der Waals surface area (Å²) in [6.45, 7) is 0. The normalized spacial score (nSPS) is 13.3. The van der Waals surface area contributed by atoms with Gasteiger partial charge in [-0.05, 0) is 81.9 Å². The monoisotopic (exact) mass is 591 g/mol. The molecule has 3 nitrogen and oxygen atoms in total. The number of para-hydroxylation sites is 4. The summed E-state index contributed by atoms with van der Waals surface area (Å²) in [6.07, 6.45) is 0. The molecule has 46 heavy (non-hydrogen) atoms. The summed E-state index contributed by atoms with van der Waals surface area (Å²) >= 11 is 0. The SMILES string of the molecule is c1ccc(N(c2ccc3c(c2)C(c2ccccc2)(c2ccccc2)c2ccccc2-3)c2cccc3c2Oc2ccccc2O3)cc1. The lowest BCUT2D eigenvalue weighted by molar-refractivity contribution is 0.360. The number of rotatable bonds is 5. The molecule has 0 spiro atoms. The number of benzene rings is 7. The Morgan fingerprint density at radius 2 is 0.957 bits per heavy atom. The van der Waals surface area contributed by atoms with Gasteiger partial charge in [-0.1, -0.05) is 127 Å². The summed E-state index contributed by atoms with van der Waals surface area (Å²) in [5.41, 5.74) is 9.97. The number of ether oxygens (including phenoxy) is 2. The average molecular weight is 592 g/mol. The van der Waals surface area contributed by atoms with Gasteiger partial charge in [0.15, 0.2) is 23.0 Å². The Kier molecular flexibility index (Phi) is 6.04. The van der Waals surface area contributed by atoms with Crippen LogP contribution in [0.1, 0.15) is 22.3 Å². The van der Waals surface area contributed by atoms with Crippen molar-refractivity contribution in [3.8, 4) is 34.1 Å². The third-order valence-corrected chi connectivity index (χ3v) is 9.19. The molecule has 218 valence electrons. The van der Waals surface area contributed by atoms with Crippen LogP contribution in [0.5, 0.6) is 23.0 Å². The Hall–Kier alpha value is -6.06. The largest absolute Gasteiger partial charge is 0.449 e. The molecule has 0 bridgehead atoms. The van der Waals surface area contributed by atoms with Crippen LogP contribution in [-0.2, 0) is 5.41 Å². The van der Waals surface area contributed by atoms with Crippen LogP contribution in [0.2, 0.25) is 0 Å². The van der Waals surface area contributed by atoms with E-state index in [-0.39, 0.29) is 0 Å². The lowest BCUT2D eigenvalue weighted by Gasteiger charge is -2.35. The van der Waals surface area contributed by atoms with E-state index in [1.54, 1.807) is 0 Å². The second-order valence-corrected chi connectivity index (χ2v) is 11.7. The topological polar surface area (TPSA) is 21.7 Å². The first-order valence-corrected chi connectivity index (χ1v) is 15.6. The Morgan fingerprint density at radius 3 is 1.67 bits per heavy atom. The van der Waals surface area contributed by atoms with Gasteiger partial charge in [0.25, 0.3) is 0 Å². The summed E-state index contributed by atoms with van der Waals surface area (Å²) in [7, 11) is 0. The van der Waals surface area contributed by atoms with E-state index < -0.39 is 5.41 Å². The summed E-state index contributed by atoms with van der Waals surface area (Å²) in [6, 6.07) is 61.9. The molecule has 3 heteroatoms. The molecule has 7 aromatic rings. The summed E-state index contributed by atoms with van der Waals surface area (Å²) < 4.78 is 12.9. The fourth-order valence-electron chi connectivity index (χ4n) is 7.29. The van der Waals surface area contributed by atoms with E-state index in [0.717, 1.165) is 17.1 Å². The smallest absolute Gasteiger partial charge is 0.194 e. The van der Waals surface area contributed by atoms with Crippen LogP contribution in [0.25, 0.3) is 11.1 Å². The van der Waals surface area contributed by atoms with Crippen molar-refractivity contribution in [3.05, 3.63) is 198 Å². The van der Waals surface area contributed by atoms with Crippen LogP contribution >= 0.6 is 0 Å². The van der Waals surface area contributed by atoms with Crippen molar-refractivity contribution in [2.45, 2.75) is 5.41 Å². The average Bonchev–Trinajstić information content (AvgIpc) is 3.43. The van der Waals surface area contributed by atoms with Crippen LogP contribution in [-0.4, -0.2) is 0 Å². The minimum atomic E-state index is -0.499. The van der Waals surface area contributed by atoms with Gasteiger partial charge in [0, 0.05) is 11.4 Å². The standard InChI is InChI=1S/C43H29NO2/c1-4-15-30(16-5-1)43(31-17-6-2-7-18-31)36-22-11-10-21-34(36)35-28-27-33(29-37(35)43)44(32-19-8-3-9-20-32)38-23-14-26-41-42(38)46-40-25-13-12-24-39(40)45-41/h1-29H. The molecule has 0 N–H and O–H groups in total. The highest BCUT2D eigenvalue weighted by Crippen LogP contribution is 2.58. The van der Waals surface area contributed by atoms with E-state index in [1.165, 1.54) is 33.4 Å². The fraction of sp³-hybridized carbons (Fsp3) is 0.0233. The summed E-state index contributed by atoms with van der Waals surface area (Å²) in [5, 5.41) is 0. The van der Waals surface area contributed by atoms with E-state index in [0.29, 0.717) is 23.0 Å². The van der Waals surface area contributed by atoms with Gasteiger partial charge in [-0.3, -0.25) is 0 Å². The Balaban J connectivity index is 1.31. The highest BCUT2D eigenvalue weighted by Gasteiger charge is 2.46. The predicted octanol–water partition coefficient (Wildman–Crippen LogP) is 11.4. The summed E-state index contributed by atoms with van der Waals surface area (Å²) in [4.78, 5) is 2.28. The first-order valence-electron chi connectivity index (χ1n) is 15.6. The molecule has 0 atom stereocenters. The fourth-order valence-corrected chi connectivity index (χ4v) is 7.29. The zero-order valence-corrected chi connectivity index (χ0v) is 25.0. The lowest BCUT2D eigenvalue weighted by atomic mass is 9.67. The Labute approximate surface area is 268 Å². The van der Waals surface area contributed by atoms with Gasteiger partial charge in [0.1, 0.15) is 0 Å². The molecule has 0 saturated carbocycles. The highest BCUT2D eigenvalue weighted by atomic mass is 16.6. The quantitative estimate of drug-likeness (QED) is 0.199. The molecule has 9 rings (SSSR count). The van der Waals surface area contributed by atoms with E-state index in [1.807, 2.05) is 42.5 Å². The maximum atomic E-state index is 6.59. The van der Waals surface area contributed by atoms with Gasteiger partial charge in [-0.2, -0.15) is 0 Å². The number of hydrogen-bond donors (Lipinski definition) is 0. The number of anilines is 3. The van der Waals surface area contributed by atoms with Gasteiger partial charge in [0.2, 0.25) is 0 Å². The van der Waals surface area contributed by atoms with E-state index in [9.17, 15) is 0 Å². The van der Waals surface area contributed by atoms with Crippen molar-refractivity contribution in [2.75, 3.05) is 4.90 Å². The molecule has 0 amide bonds. The molecular formula is C43H29NO2. The van der Waals surface area contributed by atoms with Crippen LogP contribution in [0.3, 0.4) is 0 Å². The van der Waals surface area contributed by atoms with E-state index in [2.05, 4.69) is 138 Å². The lowest BCUT2D eigenvalue weighted by Crippen LogP contribution is -2.28. The van der Waals surface area contributed by atoms with Crippen LogP contribution in [0.15, 0.2) is 176 Å². The third kappa shape index (κ3) is 3.92. The highest BCUT2D eigenvalue weighted by molar-refractivity contribution is 5.90. The van der Waals surface area contributed by atoms with Crippen molar-refractivity contribution in [2.24, 2.45) is 0 Å². The second-order valence-electron chi connectivity index (χ2n) is 11.7. The van der Waals surface area contributed by atoms with Gasteiger partial charge in [0.05, 0.1) is 11.1 Å². The number of hydrogen-bond acceptors (Lipinski definition) is 3. The number of fused-ring (bicyclic) bond motifs is 5. The molecule has 0 aromatic heterocycles. The molecule has 0 unspecified atom stereocenters. The van der Waals surface area contributed by atoms with Gasteiger partial charge < -0.3 is 14.4 Å². The van der Waals surface area contributed by atoms with E-state index >= 15 is 0 Å². The zero-order chi connectivity index (χ0) is 30.5. The van der Waals surface area contributed by atoms with E-state index in [4.69, 9.17) is 9.47 Å². The first kappa shape index (κ1) is 26.4. The molecule has 1 heterocycles. The predicted molar refractivity (Wildman–Crippen MR) is 185 cm³/mol. The minimum absolute atomic E-state index is 0.499. The van der Waals surface area contributed by atoms with Gasteiger partial charge in [-0.25, -0.2) is 0 Å². The second kappa shape index (κ2) is 10.5. The molecule has 1 aliphatic heterocycles. The van der Waals surface area contributed by atoms with Crippen molar-refractivity contribution < 1.29 is 9.47 Å². The van der Waals surface area contributed by atoms with Crippen molar-refractivity contribution in [3.63, 3.8) is 0 Å². The molecule has 0 saturated heterocycles. The Morgan fingerprint density at radius 1 is 0.391 bits per heavy atom. The molecule has 1 aliphatic carbocycles. The van der Waals surface area contributed by atoms with Crippen molar-refractivity contribution >= 4 is 17.1 Å². The molecule has 0 radical (unpaired) electrons. The maximum Gasteiger partial charge on any atom is 0.194 e. The van der Waals surface area contributed by atoms with Crippen LogP contribution in [0.4, 0.5) is 17.1 Å². The van der Waals surface area contributed by atoms with Crippen molar-refractivity contribution in [1.82, 2.24) is 0 Å². The summed E-state index contributed by atoms with van der Waals surface area (Å²) in [5.74, 6) is 2.79. The molecular weight excluding hydrogens is 562 g/mol. The molecule has 2 aliphatic rings. The van der Waals surface area contributed by atoms with Crippen LogP contribution < -0.4 is 14.4 Å². The molecule has 0 fully saturated rings. The van der Waals surface area contributed by atoms with Gasteiger partial charge in [-0.15, -0.1) is 0 Å². The first-order chi connectivity index (χ1) is 22.8. The maximum absolute atomic E-state index is 6.59.